The van der Waals surface area contributed by atoms with Crippen molar-refractivity contribution >= 4 is 51.3 Å². The number of nitrogens with zero attached hydrogens (tertiary/aromatic N) is 4. The van der Waals surface area contributed by atoms with Crippen molar-refractivity contribution in [2.45, 2.75) is 18.8 Å². The highest BCUT2D eigenvalue weighted by molar-refractivity contribution is 7.80. The molecule has 3 heterocycles. The highest BCUT2D eigenvalue weighted by Crippen LogP contribution is 2.39. The number of nitrogens with one attached hydrogen (secondary N) is 3. The number of hydrogen-bond donors (Lipinski definition) is 3. The molecule has 1 saturated carbocycles. The van der Waals surface area contributed by atoms with Crippen LogP contribution >= 0.6 is 23.8 Å². The van der Waals surface area contributed by atoms with Gasteiger partial charge in [-0.05, 0) is 31.0 Å². The summed E-state index contributed by atoms with van der Waals surface area (Å²) < 4.78 is 0. The summed E-state index contributed by atoms with van der Waals surface area (Å²) in [6, 6.07) is 7.64. The van der Waals surface area contributed by atoms with Crippen LogP contribution < -0.4 is 10.6 Å². The first-order valence-corrected chi connectivity index (χ1v) is 10.3. The molecular weight excluding hydrogens is 394 g/mol. The fourth-order valence-corrected chi connectivity index (χ4v) is 3.87. The number of benzene rings is 1. The summed E-state index contributed by atoms with van der Waals surface area (Å²) in [4.78, 5) is 12.3. The average molecular weight is 414 g/mol. The predicted molar refractivity (Wildman–Crippen MR) is 115 cm³/mol. The van der Waals surface area contributed by atoms with Gasteiger partial charge in [0.05, 0.1) is 5.52 Å². The number of hydrogen-bond acceptors (Lipinski definition) is 6. The third-order valence-corrected chi connectivity index (χ3v) is 5.79. The molecule has 0 unspecified atom stereocenters. The second-order valence-corrected chi connectivity index (χ2v) is 8.03. The van der Waals surface area contributed by atoms with Crippen LogP contribution in [0.1, 0.15) is 30.3 Å². The van der Waals surface area contributed by atoms with Gasteiger partial charge in [-0.2, -0.15) is 5.10 Å². The van der Waals surface area contributed by atoms with Crippen molar-refractivity contribution in [1.82, 2.24) is 30.4 Å². The summed E-state index contributed by atoms with van der Waals surface area (Å²) in [6.07, 6.45) is 2.44. The van der Waals surface area contributed by atoms with Crippen molar-refractivity contribution < 1.29 is 0 Å². The van der Waals surface area contributed by atoms with E-state index >= 15 is 0 Å². The third kappa shape index (κ3) is 3.55. The molecule has 0 bridgehead atoms. The molecule has 0 spiro atoms. The van der Waals surface area contributed by atoms with Crippen LogP contribution in [-0.4, -0.2) is 56.2 Å². The van der Waals surface area contributed by atoms with E-state index in [9.17, 15) is 0 Å². The average Bonchev–Trinajstić information content (AvgIpc) is 3.47. The maximum absolute atomic E-state index is 6.23. The Bertz CT molecular complexity index is 1040. The van der Waals surface area contributed by atoms with Crippen LogP contribution in [0.2, 0.25) is 5.02 Å². The molecule has 7 nitrogen and oxygen atoms in total. The topological polar surface area (TPSA) is 81.8 Å². The molecule has 144 valence electrons. The fraction of sp³-hybridized carbons (Fsp3) is 0.368. The van der Waals surface area contributed by atoms with Crippen molar-refractivity contribution in [2.24, 2.45) is 0 Å². The quantitative estimate of drug-likeness (QED) is 0.566. The maximum atomic E-state index is 6.23. The molecule has 2 aliphatic rings. The molecule has 2 aromatic heterocycles. The predicted octanol–water partition coefficient (Wildman–Crippen LogP) is 3.21. The molecule has 0 radical (unpaired) electrons. The lowest BCUT2D eigenvalue weighted by Crippen LogP contribution is -2.46. The van der Waals surface area contributed by atoms with Gasteiger partial charge in [0.1, 0.15) is 10.8 Å². The molecule has 3 N–H and O–H groups in total. The van der Waals surface area contributed by atoms with Crippen LogP contribution in [0.15, 0.2) is 24.3 Å². The molecule has 1 aliphatic heterocycles. The van der Waals surface area contributed by atoms with Gasteiger partial charge in [-0.3, -0.25) is 5.10 Å². The SMILES string of the molecule is S=C(c1nc(Nc2cc(C3CC3)[nH]n2)c2cc(Cl)ccc2n1)N1CCNCC1. The normalized spacial score (nSPS) is 17.1. The first-order chi connectivity index (χ1) is 13.7. The smallest absolute Gasteiger partial charge is 0.189 e. The standard InChI is InChI=1S/C19H20ClN7S/c20-12-3-4-14-13(9-12)17(23-16-10-15(25-26-16)11-1-2-11)24-18(22-14)19(28)27-7-5-21-6-8-27/h3-4,9-11,21H,1-2,5-8H2,(H2,22,23,24,25,26). The van der Waals surface area contributed by atoms with E-state index in [4.69, 9.17) is 33.8 Å². The van der Waals surface area contributed by atoms with Crippen LogP contribution in [0.3, 0.4) is 0 Å². The van der Waals surface area contributed by atoms with Crippen molar-refractivity contribution in [3.63, 3.8) is 0 Å². The summed E-state index contributed by atoms with van der Waals surface area (Å²) in [5.74, 6) is 2.55. The lowest BCUT2D eigenvalue weighted by atomic mass is 10.2. The third-order valence-electron chi connectivity index (χ3n) is 5.11. The van der Waals surface area contributed by atoms with E-state index in [-0.39, 0.29) is 0 Å². The summed E-state index contributed by atoms with van der Waals surface area (Å²) in [5, 5.41) is 15.6. The lowest BCUT2D eigenvalue weighted by Gasteiger charge is -2.29. The van der Waals surface area contributed by atoms with E-state index in [1.165, 1.54) is 12.8 Å². The molecule has 28 heavy (non-hydrogen) atoms. The highest BCUT2D eigenvalue weighted by atomic mass is 35.5. The summed E-state index contributed by atoms with van der Waals surface area (Å²) in [6.45, 7) is 3.53. The molecule has 1 aliphatic carbocycles. The van der Waals surface area contributed by atoms with Crippen LogP contribution in [0.4, 0.5) is 11.6 Å². The van der Waals surface area contributed by atoms with E-state index in [1.807, 2.05) is 24.3 Å². The van der Waals surface area contributed by atoms with Gasteiger partial charge < -0.3 is 15.5 Å². The molecule has 0 atom stereocenters. The molecule has 1 saturated heterocycles. The molecule has 9 heteroatoms. The molecule has 2 fully saturated rings. The van der Waals surface area contributed by atoms with E-state index in [1.54, 1.807) is 0 Å². The minimum absolute atomic E-state index is 0.548. The van der Waals surface area contributed by atoms with Gasteiger partial charge in [0, 0.05) is 54.3 Å². The largest absolute Gasteiger partial charge is 0.357 e. The maximum Gasteiger partial charge on any atom is 0.189 e. The first-order valence-electron chi connectivity index (χ1n) is 9.47. The van der Waals surface area contributed by atoms with Gasteiger partial charge in [0.15, 0.2) is 11.6 Å². The monoisotopic (exact) mass is 413 g/mol. The van der Waals surface area contributed by atoms with Crippen molar-refractivity contribution in [1.29, 1.82) is 0 Å². The number of thiocarbonyl (C=S) groups is 1. The Morgan fingerprint density at radius 2 is 2.00 bits per heavy atom. The van der Waals surface area contributed by atoms with Gasteiger partial charge in [-0.15, -0.1) is 0 Å². The fourth-order valence-electron chi connectivity index (χ4n) is 3.43. The Balaban J connectivity index is 1.52. The Labute approximate surface area is 172 Å². The number of fused-ring (bicyclic) bond motifs is 1. The van der Waals surface area contributed by atoms with Crippen molar-refractivity contribution in [3.05, 3.63) is 40.8 Å². The van der Waals surface area contributed by atoms with Crippen LogP contribution in [-0.2, 0) is 0 Å². The molecule has 1 aromatic carbocycles. The number of rotatable bonds is 4. The van der Waals surface area contributed by atoms with Crippen LogP contribution in [0.25, 0.3) is 10.9 Å². The van der Waals surface area contributed by atoms with Crippen molar-refractivity contribution in [2.75, 3.05) is 31.5 Å². The van der Waals surface area contributed by atoms with Gasteiger partial charge in [-0.25, -0.2) is 9.97 Å². The summed E-state index contributed by atoms with van der Waals surface area (Å²) >= 11 is 11.9. The molecule has 3 aromatic rings. The zero-order valence-corrected chi connectivity index (χ0v) is 16.8. The number of piperazine rings is 1. The van der Waals surface area contributed by atoms with Gasteiger partial charge >= 0.3 is 0 Å². The Kier molecular flexibility index (Phi) is 4.62. The van der Waals surface area contributed by atoms with E-state index in [0.29, 0.717) is 27.6 Å². The number of aromatic amines is 1. The van der Waals surface area contributed by atoms with E-state index in [2.05, 4.69) is 25.7 Å². The van der Waals surface area contributed by atoms with Gasteiger partial charge in [-0.1, -0.05) is 23.8 Å². The zero-order chi connectivity index (χ0) is 19.1. The van der Waals surface area contributed by atoms with Crippen LogP contribution in [0, 0.1) is 0 Å². The second-order valence-electron chi connectivity index (χ2n) is 7.21. The second kappa shape index (κ2) is 7.27. The zero-order valence-electron chi connectivity index (χ0n) is 15.2. The first kappa shape index (κ1) is 17.8. The minimum atomic E-state index is 0.548. The van der Waals surface area contributed by atoms with Gasteiger partial charge in [0.2, 0.25) is 0 Å². The van der Waals surface area contributed by atoms with Crippen molar-refractivity contribution in [3.8, 4) is 0 Å². The van der Waals surface area contributed by atoms with Gasteiger partial charge in [0.25, 0.3) is 0 Å². The van der Waals surface area contributed by atoms with E-state index < -0.39 is 0 Å². The minimum Gasteiger partial charge on any atom is -0.357 e. The lowest BCUT2D eigenvalue weighted by molar-refractivity contribution is 0.362. The molecule has 0 amide bonds. The van der Waals surface area contributed by atoms with Crippen LogP contribution in [0.5, 0.6) is 0 Å². The van der Waals surface area contributed by atoms with E-state index in [0.717, 1.165) is 48.6 Å². The number of halogens is 1. The molecule has 5 rings (SSSR count). The number of H-pyrrole nitrogens is 1. The Morgan fingerprint density at radius 3 is 2.79 bits per heavy atom. The highest BCUT2D eigenvalue weighted by Gasteiger charge is 2.26. The Morgan fingerprint density at radius 1 is 1.18 bits per heavy atom. The summed E-state index contributed by atoms with van der Waals surface area (Å²) in [7, 11) is 0. The summed E-state index contributed by atoms with van der Waals surface area (Å²) in [5.41, 5.74) is 1.96. The Hall–Kier alpha value is -2.29. The number of anilines is 2. The molecular formula is C19H20ClN7S. The number of aromatic nitrogens is 4.